The summed E-state index contributed by atoms with van der Waals surface area (Å²) in [5.41, 5.74) is 1.64. The third-order valence-corrected chi connectivity index (χ3v) is 5.41. The van der Waals surface area contributed by atoms with Gasteiger partial charge < -0.3 is 9.80 Å². The third-order valence-electron chi connectivity index (χ3n) is 5.41. The predicted molar refractivity (Wildman–Crippen MR) is 98.2 cm³/mol. The number of piperazine rings is 1. The summed E-state index contributed by atoms with van der Waals surface area (Å²) in [4.78, 5) is 25.5. The SMILES string of the molecule is O=C(C1CCCC1)N1CCN(c2cc(-c3ccc(F)cc3)ncn2)CC1. The van der Waals surface area contributed by atoms with Crippen LogP contribution >= 0.6 is 0 Å². The van der Waals surface area contributed by atoms with Crippen molar-refractivity contribution < 1.29 is 9.18 Å². The minimum atomic E-state index is -0.258. The van der Waals surface area contributed by atoms with Crippen LogP contribution in [-0.2, 0) is 4.79 Å². The molecule has 2 aromatic rings. The number of aromatic nitrogens is 2. The van der Waals surface area contributed by atoms with Crippen LogP contribution in [0, 0.1) is 11.7 Å². The van der Waals surface area contributed by atoms with Crippen LogP contribution in [0.2, 0.25) is 0 Å². The second-order valence-corrected chi connectivity index (χ2v) is 7.06. The number of anilines is 1. The van der Waals surface area contributed by atoms with E-state index in [0.29, 0.717) is 5.91 Å². The van der Waals surface area contributed by atoms with Gasteiger partial charge in [0.25, 0.3) is 0 Å². The lowest BCUT2D eigenvalue weighted by Crippen LogP contribution is -2.50. The quantitative estimate of drug-likeness (QED) is 0.850. The van der Waals surface area contributed by atoms with E-state index < -0.39 is 0 Å². The lowest BCUT2D eigenvalue weighted by atomic mass is 10.1. The van der Waals surface area contributed by atoms with Crippen molar-refractivity contribution in [1.82, 2.24) is 14.9 Å². The first-order chi connectivity index (χ1) is 12.7. The van der Waals surface area contributed by atoms with Crippen LogP contribution in [-0.4, -0.2) is 47.0 Å². The van der Waals surface area contributed by atoms with Crippen LogP contribution in [0.25, 0.3) is 11.3 Å². The van der Waals surface area contributed by atoms with Gasteiger partial charge in [-0.3, -0.25) is 4.79 Å². The van der Waals surface area contributed by atoms with Gasteiger partial charge in [0.2, 0.25) is 5.91 Å². The Morgan fingerprint density at radius 3 is 2.38 bits per heavy atom. The largest absolute Gasteiger partial charge is 0.353 e. The maximum Gasteiger partial charge on any atom is 0.225 e. The van der Waals surface area contributed by atoms with Gasteiger partial charge in [0, 0.05) is 43.7 Å². The van der Waals surface area contributed by atoms with Gasteiger partial charge in [0.1, 0.15) is 18.0 Å². The number of nitrogens with zero attached hydrogens (tertiary/aromatic N) is 4. The molecule has 0 radical (unpaired) electrons. The molecule has 2 aliphatic rings. The number of rotatable bonds is 3. The second kappa shape index (κ2) is 7.40. The molecule has 1 aliphatic carbocycles. The number of carbonyl (C=O) groups is 1. The highest BCUT2D eigenvalue weighted by Crippen LogP contribution is 2.27. The molecule has 0 N–H and O–H groups in total. The predicted octanol–water partition coefficient (Wildman–Crippen LogP) is 3.12. The Morgan fingerprint density at radius 2 is 1.69 bits per heavy atom. The lowest BCUT2D eigenvalue weighted by Gasteiger charge is -2.36. The summed E-state index contributed by atoms with van der Waals surface area (Å²) in [6, 6.07) is 8.25. The fourth-order valence-corrected chi connectivity index (χ4v) is 3.89. The van der Waals surface area contributed by atoms with Gasteiger partial charge in [0.15, 0.2) is 0 Å². The number of amides is 1. The first-order valence-electron chi connectivity index (χ1n) is 9.32. The molecule has 4 rings (SSSR count). The van der Waals surface area contributed by atoms with Crippen LogP contribution in [0.1, 0.15) is 25.7 Å². The molecule has 6 heteroatoms. The number of carbonyl (C=O) groups excluding carboxylic acids is 1. The summed E-state index contributed by atoms with van der Waals surface area (Å²) in [5.74, 6) is 1.17. The molecule has 2 fully saturated rings. The van der Waals surface area contributed by atoms with Crippen molar-refractivity contribution in [3.8, 4) is 11.3 Å². The molecule has 1 saturated carbocycles. The normalized spacial score (nSPS) is 18.3. The Balaban J connectivity index is 1.42. The van der Waals surface area contributed by atoms with Crippen molar-refractivity contribution in [2.45, 2.75) is 25.7 Å². The summed E-state index contributed by atoms with van der Waals surface area (Å²) < 4.78 is 13.1. The molecule has 136 valence electrons. The van der Waals surface area contributed by atoms with Gasteiger partial charge in [-0.1, -0.05) is 12.8 Å². The second-order valence-electron chi connectivity index (χ2n) is 7.06. The summed E-state index contributed by atoms with van der Waals surface area (Å²) in [7, 11) is 0. The lowest BCUT2D eigenvalue weighted by molar-refractivity contribution is -0.135. The van der Waals surface area contributed by atoms with E-state index in [9.17, 15) is 9.18 Å². The summed E-state index contributed by atoms with van der Waals surface area (Å²) >= 11 is 0. The monoisotopic (exact) mass is 354 g/mol. The molecular formula is C20H23FN4O. The number of halogens is 1. The van der Waals surface area contributed by atoms with Crippen molar-refractivity contribution >= 4 is 11.7 Å². The van der Waals surface area contributed by atoms with Crippen molar-refractivity contribution in [3.05, 3.63) is 42.5 Å². The Labute approximate surface area is 152 Å². The van der Waals surface area contributed by atoms with Gasteiger partial charge in [-0.2, -0.15) is 0 Å². The molecule has 26 heavy (non-hydrogen) atoms. The van der Waals surface area contributed by atoms with E-state index in [1.807, 2.05) is 11.0 Å². The molecular weight excluding hydrogens is 331 g/mol. The zero-order valence-electron chi connectivity index (χ0n) is 14.8. The average molecular weight is 354 g/mol. The molecule has 1 saturated heterocycles. The fourth-order valence-electron chi connectivity index (χ4n) is 3.89. The minimum absolute atomic E-state index is 0.241. The van der Waals surface area contributed by atoms with Gasteiger partial charge >= 0.3 is 0 Å². The van der Waals surface area contributed by atoms with E-state index >= 15 is 0 Å². The highest BCUT2D eigenvalue weighted by molar-refractivity contribution is 5.79. The molecule has 5 nitrogen and oxygen atoms in total. The maximum absolute atomic E-state index is 13.1. The van der Waals surface area contributed by atoms with E-state index in [-0.39, 0.29) is 11.7 Å². The van der Waals surface area contributed by atoms with Crippen LogP contribution in [0.15, 0.2) is 36.7 Å². The van der Waals surface area contributed by atoms with Gasteiger partial charge in [-0.15, -0.1) is 0 Å². The Bertz CT molecular complexity index is 766. The first kappa shape index (κ1) is 16.9. The fraction of sp³-hybridized carbons (Fsp3) is 0.450. The van der Waals surface area contributed by atoms with Gasteiger partial charge in [0.05, 0.1) is 5.69 Å². The highest BCUT2D eigenvalue weighted by Gasteiger charge is 2.29. The summed E-state index contributed by atoms with van der Waals surface area (Å²) in [6.07, 6.45) is 6.01. The van der Waals surface area contributed by atoms with Crippen molar-refractivity contribution in [2.75, 3.05) is 31.1 Å². The van der Waals surface area contributed by atoms with E-state index in [1.165, 1.54) is 25.0 Å². The average Bonchev–Trinajstić information content (AvgIpc) is 3.23. The highest BCUT2D eigenvalue weighted by atomic mass is 19.1. The zero-order valence-corrected chi connectivity index (χ0v) is 14.8. The maximum atomic E-state index is 13.1. The topological polar surface area (TPSA) is 49.3 Å². The molecule has 1 aliphatic heterocycles. The van der Waals surface area contributed by atoms with Crippen molar-refractivity contribution in [3.63, 3.8) is 0 Å². The van der Waals surface area contributed by atoms with Crippen LogP contribution < -0.4 is 4.90 Å². The minimum Gasteiger partial charge on any atom is -0.353 e. The molecule has 1 aromatic heterocycles. The van der Waals surface area contributed by atoms with Crippen LogP contribution in [0.5, 0.6) is 0 Å². The van der Waals surface area contributed by atoms with Crippen molar-refractivity contribution in [2.24, 2.45) is 5.92 Å². The van der Waals surface area contributed by atoms with E-state index in [0.717, 1.165) is 56.1 Å². The van der Waals surface area contributed by atoms with Crippen molar-refractivity contribution in [1.29, 1.82) is 0 Å². The van der Waals surface area contributed by atoms with Crippen LogP contribution in [0.3, 0.4) is 0 Å². The smallest absolute Gasteiger partial charge is 0.225 e. The molecule has 1 aromatic carbocycles. The van der Waals surface area contributed by atoms with Crippen LogP contribution in [0.4, 0.5) is 10.2 Å². The molecule has 0 bridgehead atoms. The van der Waals surface area contributed by atoms with Gasteiger partial charge in [-0.05, 0) is 37.1 Å². The zero-order chi connectivity index (χ0) is 17.9. The van der Waals surface area contributed by atoms with Gasteiger partial charge in [-0.25, -0.2) is 14.4 Å². The standard InChI is InChI=1S/C20H23FN4O/c21-17-7-5-15(6-8-17)18-13-19(23-14-22-18)24-9-11-25(12-10-24)20(26)16-3-1-2-4-16/h5-8,13-14,16H,1-4,9-12H2. The number of hydrogen-bond acceptors (Lipinski definition) is 4. The molecule has 2 heterocycles. The Hall–Kier alpha value is -2.50. The molecule has 0 unspecified atom stereocenters. The van der Waals surface area contributed by atoms with E-state index in [2.05, 4.69) is 14.9 Å². The summed E-state index contributed by atoms with van der Waals surface area (Å²) in [6.45, 7) is 3.03. The molecule has 0 spiro atoms. The summed E-state index contributed by atoms with van der Waals surface area (Å²) in [5, 5.41) is 0. The first-order valence-corrected chi connectivity index (χ1v) is 9.32. The Morgan fingerprint density at radius 1 is 1.00 bits per heavy atom. The molecule has 1 amide bonds. The number of hydrogen-bond donors (Lipinski definition) is 0. The van der Waals surface area contributed by atoms with E-state index in [4.69, 9.17) is 0 Å². The van der Waals surface area contributed by atoms with E-state index in [1.54, 1.807) is 18.5 Å². The number of benzene rings is 1. The molecule has 0 atom stereocenters. The Kier molecular flexibility index (Phi) is 4.82. The third kappa shape index (κ3) is 3.54.